The Hall–Kier alpha value is -0.700. The van der Waals surface area contributed by atoms with Gasteiger partial charge in [-0.1, -0.05) is 25.6 Å². The van der Waals surface area contributed by atoms with E-state index in [9.17, 15) is 4.79 Å². The zero-order chi connectivity index (χ0) is 8.97. The lowest BCUT2D eigenvalue weighted by Gasteiger charge is -1.91. The van der Waals surface area contributed by atoms with E-state index >= 15 is 0 Å². The molecule has 0 spiro atoms. The van der Waals surface area contributed by atoms with Crippen LogP contribution in [-0.2, 0) is 0 Å². The molecule has 0 saturated heterocycles. The molecule has 1 aromatic rings. The van der Waals surface area contributed by atoms with E-state index in [0.29, 0.717) is 12.2 Å². The third kappa shape index (κ3) is 2.14. The molecular weight excluding hydrogens is 172 g/mol. The van der Waals surface area contributed by atoms with Crippen molar-refractivity contribution in [1.29, 1.82) is 0 Å². The molecule has 0 aliphatic carbocycles. The fourth-order valence-electron chi connectivity index (χ4n) is 0.864. The van der Waals surface area contributed by atoms with Gasteiger partial charge >= 0.3 is 0 Å². The number of furan rings is 1. The molecule has 0 N–H and O–H groups in total. The molecule has 0 atom stereocenters. The predicted molar refractivity (Wildman–Crippen MR) is 49.7 cm³/mol. The lowest BCUT2D eigenvalue weighted by Crippen LogP contribution is -1.92. The van der Waals surface area contributed by atoms with Crippen LogP contribution < -0.4 is 0 Å². The summed E-state index contributed by atoms with van der Waals surface area (Å²) in [4.78, 5) is 11.1. The van der Waals surface area contributed by atoms with Gasteiger partial charge in [-0.2, -0.15) is 0 Å². The molecule has 66 valence electrons. The fraction of sp³-hybridized carbons (Fsp3) is 0.444. The van der Waals surface area contributed by atoms with Crippen LogP contribution >= 0.6 is 11.8 Å². The standard InChI is InChI=1S/C9H12O2S/c1-3-7(10)8-5-6-9(11-8)12-4-2/h5-6H,3-4H2,1-2H3. The van der Waals surface area contributed by atoms with Crippen molar-refractivity contribution in [1.82, 2.24) is 0 Å². The molecule has 0 fully saturated rings. The molecule has 0 aliphatic rings. The monoisotopic (exact) mass is 184 g/mol. The van der Waals surface area contributed by atoms with E-state index in [1.807, 2.05) is 13.0 Å². The number of carbonyl (C=O) groups is 1. The van der Waals surface area contributed by atoms with Gasteiger partial charge in [-0.15, -0.1) is 0 Å². The van der Waals surface area contributed by atoms with Crippen LogP contribution in [0.3, 0.4) is 0 Å². The summed E-state index contributed by atoms with van der Waals surface area (Å²) in [5, 5.41) is 0.828. The van der Waals surface area contributed by atoms with Crippen molar-refractivity contribution < 1.29 is 9.21 Å². The molecule has 1 aromatic heterocycles. The lowest BCUT2D eigenvalue weighted by molar-refractivity contribution is 0.0956. The van der Waals surface area contributed by atoms with E-state index in [1.165, 1.54) is 0 Å². The van der Waals surface area contributed by atoms with Gasteiger partial charge in [0, 0.05) is 6.42 Å². The molecule has 0 unspecified atom stereocenters. The first-order valence-electron chi connectivity index (χ1n) is 4.03. The largest absolute Gasteiger partial charge is 0.447 e. The summed E-state index contributed by atoms with van der Waals surface area (Å²) in [6.07, 6.45) is 0.504. The van der Waals surface area contributed by atoms with Crippen molar-refractivity contribution in [3.8, 4) is 0 Å². The molecule has 0 aliphatic heterocycles. The van der Waals surface area contributed by atoms with Crippen LogP contribution in [-0.4, -0.2) is 11.5 Å². The Labute approximate surface area is 76.3 Å². The topological polar surface area (TPSA) is 30.2 Å². The molecule has 0 saturated carbocycles. The van der Waals surface area contributed by atoms with Gasteiger partial charge in [-0.25, -0.2) is 0 Å². The highest BCUT2D eigenvalue weighted by Crippen LogP contribution is 2.20. The molecule has 3 heteroatoms. The molecule has 1 heterocycles. The van der Waals surface area contributed by atoms with Crippen LogP contribution in [0.5, 0.6) is 0 Å². The van der Waals surface area contributed by atoms with E-state index in [1.54, 1.807) is 17.8 Å². The van der Waals surface area contributed by atoms with Crippen LogP contribution in [0.25, 0.3) is 0 Å². The van der Waals surface area contributed by atoms with E-state index < -0.39 is 0 Å². The third-order valence-electron chi connectivity index (χ3n) is 1.46. The SMILES string of the molecule is CCSc1ccc(C(=O)CC)o1. The summed E-state index contributed by atoms with van der Waals surface area (Å²) in [7, 11) is 0. The fourth-order valence-corrected chi connectivity index (χ4v) is 1.46. The van der Waals surface area contributed by atoms with E-state index in [2.05, 4.69) is 6.92 Å². The number of Topliss-reactive ketones (excluding diaryl/α,β-unsaturated/α-hetero) is 1. The summed E-state index contributed by atoms with van der Waals surface area (Å²) < 4.78 is 5.29. The Balaban J connectivity index is 2.70. The molecule has 2 nitrogen and oxygen atoms in total. The van der Waals surface area contributed by atoms with Crippen LogP contribution in [0, 0.1) is 0 Å². The second-order valence-electron chi connectivity index (χ2n) is 2.33. The van der Waals surface area contributed by atoms with Gasteiger partial charge in [0.15, 0.2) is 16.6 Å². The first-order valence-corrected chi connectivity index (χ1v) is 5.02. The number of ketones is 1. The minimum atomic E-state index is 0.0675. The molecule has 0 bridgehead atoms. The third-order valence-corrected chi connectivity index (χ3v) is 2.26. The molecular formula is C9H12O2S. The van der Waals surface area contributed by atoms with Gasteiger partial charge in [0.2, 0.25) is 0 Å². The van der Waals surface area contributed by atoms with Crippen molar-refractivity contribution in [3.05, 3.63) is 17.9 Å². The zero-order valence-electron chi connectivity index (χ0n) is 7.29. The Bertz CT molecular complexity index is 265. The maximum atomic E-state index is 11.1. The Morgan fingerprint density at radius 2 is 2.25 bits per heavy atom. The van der Waals surface area contributed by atoms with E-state index in [4.69, 9.17) is 4.42 Å². The first-order chi connectivity index (χ1) is 5.77. The maximum absolute atomic E-state index is 11.1. The second-order valence-corrected chi connectivity index (χ2v) is 3.60. The summed E-state index contributed by atoms with van der Waals surface area (Å²) >= 11 is 1.61. The predicted octanol–water partition coefficient (Wildman–Crippen LogP) is 2.98. The van der Waals surface area contributed by atoms with Gasteiger partial charge in [0.25, 0.3) is 0 Å². The van der Waals surface area contributed by atoms with Crippen molar-refractivity contribution >= 4 is 17.5 Å². The van der Waals surface area contributed by atoms with E-state index in [0.717, 1.165) is 10.8 Å². The normalized spacial score (nSPS) is 10.2. The van der Waals surface area contributed by atoms with Crippen LogP contribution in [0.4, 0.5) is 0 Å². The van der Waals surface area contributed by atoms with Crippen molar-refractivity contribution in [2.24, 2.45) is 0 Å². The van der Waals surface area contributed by atoms with Crippen LogP contribution in [0.2, 0.25) is 0 Å². The quantitative estimate of drug-likeness (QED) is 0.532. The van der Waals surface area contributed by atoms with Gasteiger partial charge in [-0.3, -0.25) is 4.79 Å². The smallest absolute Gasteiger partial charge is 0.197 e. The highest BCUT2D eigenvalue weighted by atomic mass is 32.2. The Morgan fingerprint density at radius 1 is 1.50 bits per heavy atom. The Morgan fingerprint density at radius 3 is 2.83 bits per heavy atom. The van der Waals surface area contributed by atoms with Gasteiger partial charge < -0.3 is 4.42 Å². The van der Waals surface area contributed by atoms with Gasteiger partial charge in [-0.05, 0) is 17.9 Å². The number of rotatable bonds is 4. The number of hydrogen-bond donors (Lipinski definition) is 0. The zero-order valence-corrected chi connectivity index (χ0v) is 8.11. The average molecular weight is 184 g/mol. The van der Waals surface area contributed by atoms with Gasteiger partial charge in [0.05, 0.1) is 0 Å². The first kappa shape index (κ1) is 9.39. The highest BCUT2D eigenvalue weighted by Gasteiger charge is 2.07. The summed E-state index contributed by atoms with van der Waals surface area (Å²) in [6, 6.07) is 3.58. The lowest BCUT2D eigenvalue weighted by atomic mass is 10.2. The molecule has 0 radical (unpaired) electrons. The molecule has 1 rings (SSSR count). The molecule has 0 amide bonds. The van der Waals surface area contributed by atoms with Crippen molar-refractivity contribution in [2.75, 3.05) is 5.75 Å². The Kier molecular flexibility index (Phi) is 3.41. The van der Waals surface area contributed by atoms with Crippen LogP contribution in [0.1, 0.15) is 30.8 Å². The second kappa shape index (κ2) is 4.36. The highest BCUT2D eigenvalue weighted by molar-refractivity contribution is 7.99. The van der Waals surface area contributed by atoms with E-state index in [-0.39, 0.29) is 5.78 Å². The van der Waals surface area contributed by atoms with Crippen LogP contribution in [0.15, 0.2) is 21.6 Å². The number of thioether (sulfide) groups is 1. The molecule has 0 aromatic carbocycles. The number of hydrogen-bond acceptors (Lipinski definition) is 3. The minimum Gasteiger partial charge on any atom is -0.447 e. The molecule has 12 heavy (non-hydrogen) atoms. The minimum absolute atomic E-state index is 0.0675. The summed E-state index contributed by atoms with van der Waals surface area (Å²) in [5.41, 5.74) is 0. The van der Waals surface area contributed by atoms with Crippen molar-refractivity contribution in [3.63, 3.8) is 0 Å². The number of carbonyl (C=O) groups excluding carboxylic acids is 1. The van der Waals surface area contributed by atoms with Gasteiger partial charge in [0.1, 0.15) is 0 Å². The summed E-state index contributed by atoms with van der Waals surface area (Å²) in [5.74, 6) is 1.51. The average Bonchev–Trinajstić information content (AvgIpc) is 2.52. The summed E-state index contributed by atoms with van der Waals surface area (Å²) in [6.45, 7) is 3.88. The van der Waals surface area contributed by atoms with Crippen molar-refractivity contribution in [2.45, 2.75) is 25.4 Å². The maximum Gasteiger partial charge on any atom is 0.197 e.